The summed E-state index contributed by atoms with van der Waals surface area (Å²) in [5.41, 5.74) is 0.585. The van der Waals surface area contributed by atoms with Crippen molar-refractivity contribution in [2.24, 2.45) is 0 Å². The minimum atomic E-state index is 0. The summed E-state index contributed by atoms with van der Waals surface area (Å²) in [6.45, 7) is 0. The molecule has 6 heteroatoms. The smallest absolute Gasteiger partial charge is 0.212 e. The number of aromatic nitrogens is 1. The number of anilines is 2. The summed E-state index contributed by atoms with van der Waals surface area (Å²) in [5, 5.41) is 4.79. The second-order valence-electron chi connectivity index (χ2n) is 1.96. The number of pyridine rings is 1. The first kappa shape index (κ1) is 11.4. The highest BCUT2D eigenvalue weighted by Crippen LogP contribution is 2.07. The molecule has 70 valence electrons. The van der Waals surface area contributed by atoms with Crippen molar-refractivity contribution in [2.75, 3.05) is 10.6 Å². The predicted octanol–water partition coefficient (Wildman–Crippen LogP) is 0.640. The Morgan fingerprint density at radius 2 is 1.85 bits per heavy atom. The molecule has 0 unspecified atom stereocenters. The van der Waals surface area contributed by atoms with Crippen molar-refractivity contribution < 1.29 is 9.59 Å². The molecule has 0 radical (unpaired) electrons. The SMILES string of the molecule is Cl.O=CNc1ccc(NC=O)nc1. The topological polar surface area (TPSA) is 71.1 Å². The Labute approximate surface area is 81.0 Å². The van der Waals surface area contributed by atoms with E-state index in [0.29, 0.717) is 24.3 Å². The molecule has 0 saturated heterocycles. The maximum atomic E-state index is 9.97. The Bertz CT molecular complexity index is 247. The molecule has 0 spiro atoms. The lowest BCUT2D eigenvalue weighted by Crippen LogP contribution is -1.98. The van der Waals surface area contributed by atoms with Crippen LogP contribution < -0.4 is 10.6 Å². The maximum Gasteiger partial charge on any atom is 0.212 e. The van der Waals surface area contributed by atoms with E-state index in [1.165, 1.54) is 6.20 Å². The van der Waals surface area contributed by atoms with Gasteiger partial charge in [0.15, 0.2) is 0 Å². The average molecular weight is 202 g/mol. The number of carbonyl (C=O) groups is 2. The van der Waals surface area contributed by atoms with E-state index < -0.39 is 0 Å². The van der Waals surface area contributed by atoms with Crippen LogP contribution in [0.1, 0.15) is 0 Å². The van der Waals surface area contributed by atoms with Gasteiger partial charge in [0.2, 0.25) is 12.8 Å². The van der Waals surface area contributed by atoms with Crippen LogP contribution in [0.25, 0.3) is 0 Å². The number of hydrogen-bond donors (Lipinski definition) is 2. The molecule has 0 saturated carbocycles. The van der Waals surface area contributed by atoms with Gasteiger partial charge in [0.1, 0.15) is 5.82 Å². The van der Waals surface area contributed by atoms with Gasteiger partial charge in [-0.1, -0.05) is 0 Å². The van der Waals surface area contributed by atoms with Crippen LogP contribution >= 0.6 is 12.4 Å². The van der Waals surface area contributed by atoms with Gasteiger partial charge in [-0.3, -0.25) is 9.59 Å². The summed E-state index contributed by atoms with van der Waals surface area (Å²) >= 11 is 0. The van der Waals surface area contributed by atoms with Crippen LogP contribution in [-0.2, 0) is 9.59 Å². The largest absolute Gasteiger partial charge is 0.327 e. The van der Waals surface area contributed by atoms with Crippen LogP contribution in [0.2, 0.25) is 0 Å². The fourth-order valence-electron chi connectivity index (χ4n) is 0.693. The minimum Gasteiger partial charge on any atom is -0.327 e. The Morgan fingerprint density at radius 1 is 1.15 bits per heavy atom. The molecule has 5 nitrogen and oxygen atoms in total. The van der Waals surface area contributed by atoms with Gasteiger partial charge in [-0.15, -0.1) is 12.4 Å². The summed E-state index contributed by atoms with van der Waals surface area (Å²) in [6.07, 6.45) is 2.54. The minimum absolute atomic E-state index is 0. The molecule has 0 aliphatic carbocycles. The van der Waals surface area contributed by atoms with Crippen LogP contribution in [0, 0.1) is 0 Å². The van der Waals surface area contributed by atoms with Crippen LogP contribution in [0.3, 0.4) is 0 Å². The lowest BCUT2D eigenvalue weighted by Gasteiger charge is -1.99. The molecule has 1 aromatic heterocycles. The van der Waals surface area contributed by atoms with E-state index in [0.717, 1.165) is 0 Å². The zero-order valence-electron chi connectivity index (χ0n) is 6.56. The second-order valence-corrected chi connectivity index (χ2v) is 1.96. The standard InChI is InChI=1S/C7H7N3O2.ClH/c11-4-9-6-1-2-7(8-3-6)10-5-12;/h1-5H,(H,9,11)(H,8,10,12);1H. The van der Waals surface area contributed by atoms with Crippen molar-refractivity contribution in [3.05, 3.63) is 18.3 Å². The Morgan fingerprint density at radius 3 is 2.31 bits per heavy atom. The molecule has 1 aromatic rings. The third-order valence-corrected chi connectivity index (χ3v) is 1.20. The Kier molecular flexibility index (Phi) is 5.22. The normalized spacial score (nSPS) is 8.00. The highest BCUT2D eigenvalue weighted by atomic mass is 35.5. The van der Waals surface area contributed by atoms with Gasteiger partial charge in [-0.05, 0) is 12.1 Å². The van der Waals surface area contributed by atoms with Gasteiger partial charge in [0, 0.05) is 0 Å². The summed E-state index contributed by atoms with van der Waals surface area (Å²) in [4.78, 5) is 23.8. The van der Waals surface area contributed by atoms with Crippen molar-refractivity contribution in [3.8, 4) is 0 Å². The molecule has 1 heterocycles. The van der Waals surface area contributed by atoms with Crippen molar-refractivity contribution in [3.63, 3.8) is 0 Å². The van der Waals surface area contributed by atoms with Gasteiger partial charge < -0.3 is 10.6 Å². The van der Waals surface area contributed by atoms with Gasteiger partial charge in [-0.25, -0.2) is 4.98 Å². The number of nitrogens with zero attached hydrogens (tertiary/aromatic N) is 1. The Hall–Kier alpha value is -1.62. The lowest BCUT2D eigenvalue weighted by molar-refractivity contribution is -0.106. The summed E-state index contributed by atoms with van der Waals surface area (Å²) < 4.78 is 0. The molecule has 0 aromatic carbocycles. The van der Waals surface area contributed by atoms with Gasteiger partial charge >= 0.3 is 0 Å². The van der Waals surface area contributed by atoms with E-state index in [9.17, 15) is 9.59 Å². The molecule has 13 heavy (non-hydrogen) atoms. The van der Waals surface area contributed by atoms with E-state index in [4.69, 9.17) is 0 Å². The van der Waals surface area contributed by atoms with E-state index in [-0.39, 0.29) is 12.4 Å². The first-order valence-electron chi connectivity index (χ1n) is 3.23. The highest BCUT2D eigenvalue weighted by molar-refractivity contribution is 5.85. The number of carbonyl (C=O) groups excluding carboxylic acids is 2. The average Bonchev–Trinajstić information content (AvgIpc) is 2.09. The van der Waals surface area contributed by atoms with Crippen molar-refractivity contribution >= 4 is 36.7 Å². The second kappa shape index (κ2) is 5.96. The van der Waals surface area contributed by atoms with E-state index >= 15 is 0 Å². The summed E-state index contributed by atoms with van der Waals surface area (Å²) in [6, 6.07) is 3.22. The third-order valence-electron chi connectivity index (χ3n) is 1.20. The van der Waals surface area contributed by atoms with Crippen LogP contribution in [0.15, 0.2) is 18.3 Å². The molecule has 0 aliphatic rings. The van der Waals surface area contributed by atoms with Crippen LogP contribution in [0.4, 0.5) is 11.5 Å². The number of halogens is 1. The van der Waals surface area contributed by atoms with E-state index in [1.807, 2.05) is 0 Å². The maximum absolute atomic E-state index is 9.97. The van der Waals surface area contributed by atoms with Crippen LogP contribution in [0.5, 0.6) is 0 Å². The first-order valence-corrected chi connectivity index (χ1v) is 3.23. The zero-order valence-corrected chi connectivity index (χ0v) is 7.38. The first-order chi connectivity index (χ1) is 5.86. The van der Waals surface area contributed by atoms with E-state index in [2.05, 4.69) is 15.6 Å². The lowest BCUT2D eigenvalue weighted by atomic mass is 10.4. The monoisotopic (exact) mass is 201 g/mol. The molecule has 2 N–H and O–H groups in total. The third kappa shape index (κ3) is 3.53. The molecular weight excluding hydrogens is 194 g/mol. The molecular formula is C7H8ClN3O2. The predicted molar refractivity (Wildman–Crippen MR) is 50.9 cm³/mol. The summed E-state index contributed by atoms with van der Waals surface area (Å²) in [5.74, 6) is 0.446. The van der Waals surface area contributed by atoms with Gasteiger partial charge in [0.25, 0.3) is 0 Å². The number of rotatable bonds is 4. The van der Waals surface area contributed by atoms with Crippen molar-refractivity contribution in [2.45, 2.75) is 0 Å². The Balaban J connectivity index is 0.00000144. The number of amides is 2. The molecule has 0 fully saturated rings. The fraction of sp³-hybridized carbons (Fsp3) is 0. The highest BCUT2D eigenvalue weighted by Gasteiger charge is 1.91. The zero-order chi connectivity index (χ0) is 8.81. The fourth-order valence-corrected chi connectivity index (χ4v) is 0.693. The molecule has 1 rings (SSSR count). The number of nitrogens with one attached hydrogen (secondary N) is 2. The van der Waals surface area contributed by atoms with Gasteiger partial charge in [0.05, 0.1) is 11.9 Å². The quantitative estimate of drug-likeness (QED) is 0.703. The van der Waals surface area contributed by atoms with Gasteiger partial charge in [-0.2, -0.15) is 0 Å². The van der Waals surface area contributed by atoms with Crippen molar-refractivity contribution in [1.82, 2.24) is 4.98 Å². The van der Waals surface area contributed by atoms with E-state index in [1.54, 1.807) is 12.1 Å². The molecule has 0 aliphatic heterocycles. The molecule has 2 amide bonds. The molecule has 0 atom stereocenters. The summed E-state index contributed by atoms with van der Waals surface area (Å²) in [7, 11) is 0. The van der Waals surface area contributed by atoms with Crippen molar-refractivity contribution in [1.29, 1.82) is 0 Å². The molecule has 0 bridgehead atoms. The van der Waals surface area contributed by atoms with Crippen LogP contribution in [-0.4, -0.2) is 17.8 Å². The number of hydrogen-bond acceptors (Lipinski definition) is 3.